The van der Waals surface area contributed by atoms with E-state index in [0.29, 0.717) is 25.8 Å². The highest BCUT2D eigenvalue weighted by Gasteiger charge is 2.54. The van der Waals surface area contributed by atoms with E-state index in [9.17, 15) is 9.59 Å². The first-order valence-electron chi connectivity index (χ1n) is 10.2. The van der Waals surface area contributed by atoms with E-state index in [1.807, 2.05) is 0 Å². The molecule has 1 aliphatic rings. The number of hydrogen-bond acceptors (Lipinski definition) is 4. The van der Waals surface area contributed by atoms with Crippen molar-refractivity contribution in [1.82, 2.24) is 9.88 Å². The molecule has 176 valence electrons. The average Bonchev–Trinajstić information content (AvgIpc) is 3.02. The Bertz CT molecular complexity index is 1260. The number of amides is 2. The van der Waals surface area contributed by atoms with Crippen LogP contribution in [0, 0.1) is 11.7 Å². The number of fused-ring (bicyclic) bond motifs is 1. The number of aromatic nitrogens is 1. The molecule has 0 saturated heterocycles. The van der Waals surface area contributed by atoms with Gasteiger partial charge in [-0.2, -0.15) is 0 Å². The number of pyridine rings is 1. The summed E-state index contributed by atoms with van der Waals surface area (Å²) in [5.74, 6) is -2.39. The molecule has 1 aliphatic heterocycles. The molecule has 1 aromatic heterocycles. The van der Waals surface area contributed by atoms with Crippen LogP contribution in [0.4, 0.5) is 4.39 Å². The highest BCUT2D eigenvalue weighted by molar-refractivity contribution is 9.10. The van der Waals surface area contributed by atoms with Gasteiger partial charge < -0.3 is 10.5 Å². The van der Waals surface area contributed by atoms with E-state index in [1.165, 1.54) is 17.2 Å². The first kappa shape index (κ1) is 24.6. The van der Waals surface area contributed by atoms with Gasteiger partial charge in [-0.25, -0.2) is 4.39 Å². The maximum atomic E-state index is 15.6. The lowest BCUT2D eigenvalue weighted by atomic mass is 9.92. The van der Waals surface area contributed by atoms with Crippen molar-refractivity contribution in [3.63, 3.8) is 0 Å². The number of halogens is 4. The van der Waals surface area contributed by atoms with Crippen LogP contribution in [0.2, 0.25) is 10.0 Å². The molecule has 34 heavy (non-hydrogen) atoms. The number of ether oxygens (including phenoxy) is 1. The molecule has 0 fully saturated rings. The molecular weight excluding hydrogens is 548 g/mol. The summed E-state index contributed by atoms with van der Waals surface area (Å²) in [5.41, 5.74) is 4.87. The Morgan fingerprint density at radius 1 is 1.21 bits per heavy atom. The average molecular weight is 567 g/mol. The lowest BCUT2D eigenvalue weighted by molar-refractivity contribution is -0.138. The molecule has 0 aliphatic carbocycles. The summed E-state index contributed by atoms with van der Waals surface area (Å²) in [6, 6.07) is 12.7. The highest BCUT2D eigenvalue weighted by Crippen LogP contribution is 2.48. The molecule has 3 aromatic rings. The smallest absolute Gasteiger partial charge is 0.257 e. The normalized spacial score (nSPS) is 18.1. The van der Waals surface area contributed by atoms with E-state index in [0.717, 1.165) is 0 Å². The van der Waals surface area contributed by atoms with E-state index < -0.39 is 29.3 Å². The van der Waals surface area contributed by atoms with Crippen molar-refractivity contribution < 1.29 is 18.7 Å². The molecule has 2 heterocycles. The fourth-order valence-electron chi connectivity index (χ4n) is 3.89. The van der Waals surface area contributed by atoms with Crippen LogP contribution in [0.15, 0.2) is 59.2 Å². The number of hydrogen-bond donors (Lipinski definition) is 1. The third-order valence-corrected chi connectivity index (χ3v) is 6.56. The molecule has 0 bridgehead atoms. The largest absolute Gasteiger partial charge is 0.369 e. The zero-order valence-corrected chi connectivity index (χ0v) is 21.0. The molecule has 2 N–H and O–H groups in total. The Labute approximate surface area is 213 Å². The topological polar surface area (TPSA) is 85.5 Å². The standard InChI is InChI=1S/C24H19BrCl2FN3O3/c1-13(22(29)32)12-34-24(14-2-4-16(26)5-3-14)21-19(8-15(25)9-20(21)28)23(33)31(24)11-18-7-6-17(27)10-30-18/h2-10,13H,11-12H2,1H3,(H2,29,32). The van der Waals surface area contributed by atoms with Crippen molar-refractivity contribution in [3.8, 4) is 0 Å². The molecule has 6 nitrogen and oxygen atoms in total. The maximum absolute atomic E-state index is 15.6. The van der Waals surface area contributed by atoms with Gasteiger partial charge in [0, 0.05) is 21.3 Å². The Kier molecular flexibility index (Phi) is 6.96. The fourth-order valence-corrected chi connectivity index (χ4v) is 4.56. The first-order valence-corrected chi connectivity index (χ1v) is 11.8. The predicted molar refractivity (Wildman–Crippen MR) is 130 cm³/mol. The second kappa shape index (κ2) is 9.62. The number of nitrogens with two attached hydrogens (primary N) is 1. The summed E-state index contributed by atoms with van der Waals surface area (Å²) in [4.78, 5) is 31.1. The molecule has 0 spiro atoms. The maximum Gasteiger partial charge on any atom is 0.257 e. The van der Waals surface area contributed by atoms with Gasteiger partial charge in [-0.15, -0.1) is 0 Å². The van der Waals surface area contributed by atoms with E-state index in [1.54, 1.807) is 49.4 Å². The van der Waals surface area contributed by atoms with Crippen molar-refractivity contribution in [3.05, 3.63) is 97.4 Å². The first-order chi connectivity index (χ1) is 16.1. The summed E-state index contributed by atoms with van der Waals surface area (Å²) in [6.07, 6.45) is 1.46. The van der Waals surface area contributed by atoms with Crippen LogP contribution in [0.5, 0.6) is 0 Å². The van der Waals surface area contributed by atoms with Crippen molar-refractivity contribution in [1.29, 1.82) is 0 Å². The van der Waals surface area contributed by atoms with E-state index in [2.05, 4.69) is 20.9 Å². The monoisotopic (exact) mass is 565 g/mol. The second-order valence-electron chi connectivity index (χ2n) is 7.93. The van der Waals surface area contributed by atoms with Crippen molar-refractivity contribution >= 4 is 50.9 Å². The van der Waals surface area contributed by atoms with Crippen LogP contribution in [0.25, 0.3) is 0 Å². The Morgan fingerprint density at radius 3 is 2.50 bits per heavy atom. The van der Waals surface area contributed by atoms with Gasteiger partial charge in [0.05, 0.1) is 40.9 Å². The number of carbonyl (C=O) groups excluding carboxylic acids is 2. The fraction of sp³-hybridized carbons (Fsp3) is 0.208. The van der Waals surface area contributed by atoms with E-state index >= 15 is 4.39 Å². The van der Waals surface area contributed by atoms with Crippen molar-refractivity contribution in [2.24, 2.45) is 11.7 Å². The van der Waals surface area contributed by atoms with Crippen LogP contribution in [0.3, 0.4) is 0 Å². The minimum Gasteiger partial charge on any atom is -0.369 e. The SMILES string of the molecule is CC(COC1(c2ccc(Cl)cc2)c2c(F)cc(Br)cc2C(=O)N1Cc1ccc(Cl)cn1)C(N)=O. The number of nitrogens with zero attached hydrogens (tertiary/aromatic N) is 2. The molecular formula is C24H19BrCl2FN3O3. The van der Waals surface area contributed by atoms with E-state index in [-0.39, 0.29) is 24.3 Å². The van der Waals surface area contributed by atoms with Crippen molar-refractivity contribution in [2.45, 2.75) is 19.2 Å². The minimum atomic E-state index is -1.70. The molecule has 2 amide bonds. The van der Waals surface area contributed by atoms with Gasteiger partial charge in [-0.1, -0.05) is 58.2 Å². The van der Waals surface area contributed by atoms with Gasteiger partial charge in [0.25, 0.3) is 5.91 Å². The number of carbonyl (C=O) groups is 2. The summed E-state index contributed by atoms with van der Waals surface area (Å²) in [6.45, 7) is 1.42. The molecule has 2 atom stereocenters. The second-order valence-corrected chi connectivity index (χ2v) is 9.72. The molecule has 4 rings (SSSR count). The summed E-state index contributed by atoms with van der Waals surface area (Å²) in [5, 5.41) is 0.890. The lowest BCUT2D eigenvalue weighted by Crippen LogP contribution is -2.48. The van der Waals surface area contributed by atoms with Gasteiger partial charge in [0.1, 0.15) is 5.82 Å². The Morgan fingerprint density at radius 2 is 1.88 bits per heavy atom. The van der Waals surface area contributed by atoms with Gasteiger partial charge in [0.15, 0.2) is 5.72 Å². The zero-order chi connectivity index (χ0) is 24.6. The Hall–Kier alpha value is -2.52. The lowest BCUT2D eigenvalue weighted by Gasteiger charge is -2.40. The number of rotatable bonds is 7. The van der Waals surface area contributed by atoms with Crippen molar-refractivity contribution in [2.75, 3.05) is 6.61 Å². The zero-order valence-electron chi connectivity index (χ0n) is 17.9. The molecule has 10 heteroatoms. The van der Waals surface area contributed by atoms with Gasteiger partial charge in [-0.3, -0.25) is 19.5 Å². The van der Waals surface area contributed by atoms with Gasteiger partial charge >= 0.3 is 0 Å². The van der Waals surface area contributed by atoms with Crippen LogP contribution in [-0.4, -0.2) is 28.3 Å². The molecule has 2 unspecified atom stereocenters. The Balaban J connectivity index is 1.95. The van der Waals surface area contributed by atoms with Crippen LogP contribution >= 0.6 is 39.1 Å². The number of primary amides is 1. The summed E-state index contributed by atoms with van der Waals surface area (Å²) in [7, 11) is 0. The molecule has 0 radical (unpaired) electrons. The third-order valence-electron chi connectivity index (χ3n) is 5.62. The minimum absolute atomic E-state index is 0.0185. The van der Waals surface area contributed by atoms with Crippen LogP contribution < -0.4 is 5.73 Å². The molecule has 2 aromatic carbocycles. The predicted octanol–water partition coefficient (Wildman–Crippen LogP) is 5.29. The van der Waals surface area contributed by atoms with Gasteiger partial charge in [0.2, 0.25) is 5.91 Å². The molecule has 0 saturated carbocycles. The van der Waals surface area contributed by atoms with Crippen LogP contribution in [0.1, 0.15) is 34.1 Å². The van der Waals surface area contributed by atoms with Crippen LogP contribution in [-0.2, 0) is 21.8 Å². The van der Waals surface area contributed by atoms with Gasteiger partial charge in [-0.05, 0) is 36.4 Å². The van der Waals surface area contributed by atoms with E-state index in [4.69, 9.17) is 33.7 Å². The number of benzene rings is 2. The summed E-state index contributed by atoms with van der Waals surface area (Å²) < 4.78 is 22.3. The quantitative estimate of drug-likeness (QED) is 0.421. The highest BCUT2D eigenvalue weighted by atomic mass is 79.9. The summed E-state index contributed by atoms with van der Waals surface area (Å²) >= 11 is 15.3. The third kappa shape index (κ3) is 4.43.